The van der Waals surface area contributed by atoms with Crippen LogP contribution in [-0.2, 0) is 11.1 Å². The normalized spacial score (nSPS) is 12.6. The van der Waals surface area contributed by atoms with Gasteiger partial charge in [0.15, 0.2) is 0 Å². The van der Waals surface area contributed by atoms with Crippen molar-refractivity contribution in [1.29, 1.82) is 0 Å². The Hall–Kier alpha value is -2.02. The second-order valence-electron chi connectivity index (χ2n) is 5.57. The zero-order chi connectivity index (χ0) is 17.4. The van der Waals surface area contributed by atoms with E-state index in [1.54, 1.807) is 4.57 Å². The highest BCUT2D eigenvalue weighted by Crippen LogP contribution is 2.31. The smallest absolute Gasteiger partial charge is 0.367 e. The Morgan fingerprint density at radius 2 is 2.13 bits per heavy atom. The zero-order valence-corrected chi connectivity index (χ0v) is 13.5. The molecule has 2 aromatic rings. The van der Waals surface area contributed by atoms with Crippen molar-refractivity contribution in [1.82, 2.24) is 4.57 Å². The second kappa shape index (κ2) is 6.23. The first-order chi connectivity index (χ1) is 10.6. The van der Waals surface area contributed by atoms with E-state index in [2.05, 4.69) is 4.99 Å². The number of aliphatic imine (C=N–C) groups is 1. The van der Waals surface area contributed by atoms with Gasteiger partial charge in [0.05, 0.1) is 11.2 Å². The molecule has 1 amide bonds. The fourth-order valence-electron chi connectivity index (χ4n) is 2.26. The maximum Gasteiger partial charge on any atom is 0.367 e. The summed E-state index contributed by atoms with van der Waals surface area (Å²) in [4.78, 5) is 33.0. The number of nitrogens with zero attached hydrogens (tertiary/aromatic N) is 2. The van der Waals surface area contributed by atoms with Crippen LogP contribution in [-0.4, -0.2) is 26.2 Å². The van der Waals surface area contributed by atoms with Crippen LogP contribution in [0.2, 0.25) is 0 Å². The number of carbonyl (C=O) groups is 1. The lowest BCUT2D eigenvalue weighted by molar-refractivity contribution is 0.0994. The van der Waals surface area contributed by atoms with Crippen LogP contribution in [0.15, 0.2) is 23.2 Å². The van der Waals surface area contributed by atoms with Crippen LogP contribution in [0, 0.1) is 11.7 Å². The van der Waals surface area contributed by atoms with Gasteiger partial charge in [0.2, 0.25) is 0 Å². The van der Waals surface area contributed by atoms with Crippen LogP contribution in [0.4, 0.5) is 10.1 Å². The Bertz CT molecular complexity index is 838. The van der Waals surface area contributed by atoms with Crippen molar-refractivity contribution in [2.45, 2.75) is 20.4 Å². The average molecular weight is 341 g/mol. The number of nitrogen functional groups attached to an aromatic ring is 1. The Morgan fingerprint density at radius 1 is 1.48 bits per heavy atom. The van der Waals surface area contributed by atoms with Gasteiger partial charge in [-0.15, -0.1) is 0 Å². The van der Waals surface area contributed by atoms with Gasteiger partial charge >= 0.3 is 7.60 Å². The molecule has 124 valence electrons. The van der Waals surface area contributed by atoms with Gasteiger partial charge in [0.1, 0.15) is 17.5 Å². The molecule has 0 aliphatic heterocycles. The van der Waals surface area contributed by atoms with Crippen LogP contribution in [0.3, 0.4) is 0 Å². The summed E-state index contributed by atoms with van der Waals surface area (Å²) in [6.07, 6.45) is 0. The quantitative estimate of drug-likeness (QED) is 0.448. The summed E-state index contributed by atoms with van der Waals surface area (Å²) in [5.41, 5.74) is 6.28. The van der Waals surface area contributed by atoms with E-state index in [1.807, 2.05) is 13.8 Å². The SMILES string of the molecule is CC(C)Cn1c(C(=O)/N=C/P(=O)(O)O)cc2c(N)c(F)ccc21. The third-order valence-corrected chi connectivity index (χ3v) is 3.58. The Morgan fingerprint density at radius 3 is 2.70 bits per heavy atom. The summed E-state index contributed by atoms with van der Waals surface area (Å²) >= 11 is 0. The lowest BCUT2D eigenvalue weighted by atomic mass is 10.2. The molecule has 1 heterocycles. The molecule has 0 saturated heterocycles. The van der Waals surface area contributed by atoms with Gasteiger partial charge in [-0.05, 0) is 24.1 Å². The number of hydrogen-bond donors (Lipinski definition) is 3. The number of carbonyl (C=O) groups excluding carboxylic acids is 1. The van der Waals surface area contributed by atoms with Gasteiger partial charge in [-0.1, -0.05) is 13.8 Å². The molecule has 1 aromatic carbocycles. The number of aromatic nitrogens is 1. The first kappa shape index (κ1) is 17.3. The number of fused-ring (bicyclic) bond motifs is 1. The molecule has 23 heavy (non-hydrogen) atoms. The number of rotatable bonds is 4. The fourth-order valence-corrected chi connectivity index (χ4v) is 2.52. The van der Waals surface area contributed by atoms with E-state index < -0.39 is 19.3 Å². The average Bonchev–Trinajstić information content (AvgIpc) is 2.78. The highest BCUT2D eigenvalue weighted by Gasteiger charge is 2.19. The maximum absolute atomic E-state index is 13.6. The van der Waals surface area contributed by atoms with Gasteiger partial charge in [0.25, 0.3) is 5.91 Å². The standard InChI is InChI=1S/C14H17FN3O4P/c1-8(2)6-18-11-4-3-10(15)13(16)9(11)5-12(18)14(19)17-7-23(20,21)22/h3-5,7-8H,6,16H2,1-2H3,(H2,20,21,22)/b17-7+. The van der Waals surface area contributed by atoms with E-state index in [0.29, 0.717) is 23.4 Å². The minimum atomic E-state index is -4.54. The van der Waals surface area contributed by atoms with Crippen molar-refractivity contribution in [3.63, 3.8) is 0 Å². The highest BCUT2D eigenvalue weighted by molar-refractivity contribution is 7.67. The molecule has 2 rings (SSSR count). The molecule has 0 spiro atoms. The van der Waals surface area contributed by atoms with E-state index in [4.69, 9.17) is 15.5 Å². The van der Waals surface area contributed by atoms with Crippen molar-refractivity contribution in [3.05, 3.63) is 29.7 Å². The summed E-state index contributed by atoms with van der Waals surface area (Å²) in [5, 5.41) is 0.361. The molecule has 7 nitrogen and oxygen atoms in total. The predicted molar refractivity (Wildman–Crippen MR) is 86.0 cm³/mol. The molecule has 4 N–H and O–H groups in total. The van der Waals surface area contributed by atoms with Crippen LogP contribution < -0.4 is 5.73 Å². The molecule has 0 aliphatic rings. The lowest BCUT2D eigenvalue weighted by Crippen LogP contribution is -2.11. The topological polar surface area (TPSA) is 118 Å². The molecule has 0 atom stereocenters. The molecule has 0 fully saturated rings. The number of nitrogens with two attached hydrogens (primary N) is 1. The number of anilines is 1. The molecule has 0 unspecified atom stereocenters. The van der Waals surface area contributed by atoms with Crippen LogP contribution in [0.1, 0.15) is 24.3 Å². The summed E-state index contributed by atoms with van der Waals surface area (Å²) in [6, 6.07) is 4.10. The molecule has 0 bridgehead atoms. The van der Waals surface area contributed by atoms with Crippen LogP contribution >= 0.6 is 7.60 Å². The molecule has 9 heteroatoms. The van der Waals surface area contributed by atoms with Crippen molar-refractivity contribution in [2.24, 2.45) is 10.9 Å². The third-order valence-electron chi connectivity index (χ3n) is 3.17. The zero-order valence-electron chi connectivity index (χ0n) is 12.6. The number of amides is 1. The van der Waals surface area contributed by atoms with Crippen molar-refractivity contribution < 1.29 is 23.5 Å². The molecular weight excluding hydrogens is 324 g/mol. The van der Waals surface area contributed by atoms with Crippen molar-refractivity contribution in [3.8, 4) is 0 Å². The largest absolute Gasteiger partial charge is 0.396 e. The molecule has 0 radical (unpaired) electrons. The summed E-state index contributed by atoms with van der Waals surface area (Å²) in [5.74, 6) is -0.951. The van der Waals surface area contributed by atoms with E-state index in [9.17, 15) is 13.8 Å². The van der Waals surface area contributed by atoms with E-state index in [0.717, 1.165) is 0 Å². The third kappa shape index (κ3) is 3.85. The van der Waals surface area contributed by atoms with Gasteiger partial charge in [0, 0.05) is 11.9 Å². The minimum Gasteiger partial charge on any atom is -0.396 e. The van der Waals surface area contributed by atoms with Crippen LogP contribution in [0.25, 0.3) is 10.9 Å². The minimum absolute atomic E-state index is 0.0852. The van der Waals surface area contributed by atoms with Gasteiger partial charge in [-0.3, -0.25) is 9.36 Å². The highest BCUT2D eigenvalue weighted by atomic mass is 31.2. The lowest BCUT2D eigenvalue weighted by Gasteiger charge is -2.11. The first-order valence-corrected chi connectivity index (χ1v) is 8.50. The van der Waals surface area contributed by atoms with Crippen molar-refractivity contribution >= 4 is 36.0 Å². The summed E-state index contributed by atoms with van der Waals surface area (Å²) in [6.45, 7) is 4.32. The molecule has 0 saturated carbocycles. The second-order valence-corrected chi connectivity index (χ2v) is 6.98. The summed E-state index contributed by atoms with van der Waals surface area (Å²) in [7, 11) is -4.54. The van der Waals surface area contributed by atoms with Crippen molar-refractivity contribution in [2.75, 3.05) is 5.73 Å². The number of hydrogen-bond acceptors (Lipinski definition) is 3. The number of benzene rings is 1. The van der Waals surface area contributed by atoms with Gasteiger partial charge in [-0.25, -0.2) is 9.38 Å². The first-order valence-electron chi connectivity index (χ1n) is 6.82. The Labute approximate surface area is 131 Å². The monoisotopic (exact) mass is 341 g/mol. The molecular formula is C14H17FN3O4P. The Balaban J connectivity index is 2.62. The van der Waals surface area contributed by atoms with Crippen LogP contribution in [0.5, 0.6) is 0 Å². The number of halogens is 1. The Kier molecular flexibility index (Phi) is 4.70. The molecule has 1 aromatic heterocycles. The van der Waals surface area contributed by atoms with E-state index in [1.165, 1.54) is 18.2 Å². The van der Waals surface area contributed by atoms with Gasteiger partial charge in [-0.2, -0.15) is 0 Å². The summed E-state index contributed by atoms with van der Waals surface area (Å²) < 4.78 is 26.0. The predicted octanol–water partition coefficient (Wildman–Crippen LogP) is 2.36. The fraction of sp³-hybridized carbons (Fsp3) is 0.286. The molecule has 0 aliphatic carbocycles. The van der Waals surface area contributed by atoms with E-state index >= 15 is 0 Å². The maximum atomic E-state index is 13.6. The van der Waals surface area contributed by atoms with Gasteiger partial charge < -0.3 is 20.1 Å². The van der Waals surface area contributed by atoms with E-state index in [-0.39, 0.29) is 17.3 Å².